The van der Waals surface area contributed by atoms with Crippen LogP contribution in [-0.4, -0.2) is 15.9 Å². The second kappa shape index (κ2) is 8.29. The number of hydrogen-bond donors (Lipinski definition) is 3. The summed E-state index contributed by atoms with van der Waals surface area (Å²) in [6.45, 7) is 2.03. The number of fused-ring (bicyclic) bond motifs is 1. The third-order valence-corrected chi connectivity index (χ3v) is 7.64. The molecule has 0 fully saturated rings. The number of thiazole rings is 1. The number of amides is 1. The summed E-state index contributed by atoms with van der Waals surface area (Å²) >= 11 is 3.98. The number of anilines is 3. The van der Waals surface area contributed by atoms with E-state index in [1.54, 1.807) is 0 Å². The first-order chi connectivity index (χ1) is 16.0. The molecule has 7 nitrogen and oxygen atoms in total. The maximum Gasteiger partial charge on any atom is 0.269 e. The van der Waals surface area contributed by atoms with Crippen molar-refractivity contribution in [1.29, 1.82) is 5.26 Å². The number of hydrogen-bond acceptors (Lipinski definition) is 9. The smallest absolute Gasteiger partial charge is 0.269 e. The quantitative estimate of drug-likeness (QED) is 0.295. The Hall–Kier alpha value is -3.78. The summed E-state index contributed by atoms with van der Waals surface area (Å²) in [6, 6.07) is 12.0. The number of nitrogens with one attached hydrogen (secondary N) is 1. The van der Waals surface area contributed by atoms with Gasteiger partial charge in [0.2, 0.25) is 0 Å². The Morgan fingerprint density at radius 3 is 2.58 bits per heavy atom. The van der Waals surface area contributed by atoms with Gasteiger partial charge in [0.25, 0.3) is 5.91 Å². The molecule has 10 heteroatoms. The maximum absolute atomic E-state index is 13.1. The van der Waals surface area contributed by atoms with Gasteiger partial charge in [-0.05, 0) is 29.3 Å². The predicted molar refractivity (Wildman–Crippen MR) is 137 cm³/mol. The van der Waals surface area contributed by atoms with Crippen molar-refractivity contribution >= 4 is 66.8 Å². The van der Waals surface area contributed by atoms with Crippen LogP contribution in [0.2, 0.25) is 0 Å². The zero-order valence-corrected chi connectivity index (χ0v) is 19.7. The van der Waals surface area contributed by atoms with E-state index in [-0.39, 0.29) is 23.0 Å². The van der Waals surface area contributed by atoms with Gasteiger partial charge in [-0.1, -0.05) is 29.8 Å². The van der Waals surface area contributed by atoms with Crippen LogP contribution < -0.4 is 16.8 Å². The minimum Gasteiger partial charge on any atom is -0.397 e. The van der Waals surface area contributed by atoms with Gasteiger partial charge >= 0.3 is 0 Å². The molecule has 0 aliphatic rings. The third kappa shape index (κ3) is 3.72. The molecular formula is C23H16N6OS3. The van der Waals surface area contributed by atoms with E-state index in [4.69, 9.17) is 11.5 Å². The van der Waals surface area contributed by atoms with Crippen LogP contribution in [0.3, 0.4) is 0 Å². The Labute approximate surface area is 201 Å². The van der Waals surface area contributed by atoms with Gasteiger partial charge in [0, 0.05) is 21.9 Å². The summed E-state index contributed by atoms with van der Waals surface area (Å²) in [5.41, 5.74) is 17.3. The lowest BCUT2D eigenvalue weighted by molar-refractivity contribution is 0.103. The fraction of sp³-hybridized carbons (Fsp3) is 0.0435. The van der Waals surface area contributed by atoms with Gasteiger partial charge in [0.05, 0.1) is 11.4 Å². The summed E-state index contributed by atoms with van der Waals surface area (Å²) in [4.78, 5) is 22.8. The summed E-state index contributed by atoms with van der Waals surface area (Å²) in [7, 11) is 0. The van der Waals surface area contributed by atoms with Crippen LogP contribution in [0.15, 0.2) is 46.5 Å². The number of thiophene rings is 2. The van der Waals surface area contributed by atoms with Crippen LogP contribution >= 0.6 is 34.0 Å². The summed E-state index contributed by atoms with van der Waals surface area (Å²) in [5, 5.41) is 19.3. The molecule has 0 atom stereocenters. The molecule has 1 aromatic carbocycles. The Balaban J connectivity index is 1.53. The van der Waals surface area contributed by atoms with Crippen molar-refractivity contribution in [3.63, 3.8) is 0 Å². The Kier molecular flexibility index (Phi) is 5.30. The van der Waals surface area contributed by atoms with Crippen LogP contribution in [0.5, 0.6) is 0 Å². The average molecular weight is 489 g/mol. The summed E-state index contributed by atoms with van der Waals surface area (Å²) < 4.78 is 0. The molecule has 0 radical (unpaired) electrons. The number of benzene rings is 1. The largest absolute Gasteiger partial charge is 0.397 e. The standard InChI is InChI=1S/C23H16N6OS3/c1-11-2-4-12(5-3-11)15-10-32-23(27-15)29-21(30)19-18(25)17-16(13-6-7-31-9-13)14(8-24)20(26)28-22(17)33-19/h2-7,9-10H,25H2,1H3,(H2,26,28)(H,27,29,30). The number of carbonyl (C=O) groups is 1. The zero-order valence-electron chi connectivity index (χ0n) is 17.2. The molecule has 0 saturated heterocycles. The van der Waals surface area contributed by atoms with E-state index < -0.39 is 0 Å². The van der Waals surface area contributed by atoms with E-state index in [9.17, 15) is 10.1 Å². The minimum atomic E-state index is -0.381. The number of aromatic nitrogens is 2. The predicted octanol–water partition coefficient (Wildman–Crippen LogP) is 5.75. The molecule has 0 unspecified atom stereocenters. The zero-order chi connectivity index (χ0) is 23.1. The van der Waals surface area contributed by atoms with Crippen LogP contribution in [-0.2, 0) is 0 Å². The van der Waals surface area contributed by atoms with Crippen LogP contribution in [0.25, 0.3) is 32.6 Å². The number of aryl methyl sites for hydroxylation is 1. The van der Waals surface area contributed by atoms with Crippen molar-refractivity contribution in [3.05, 3.63) is 62.5 Å². The molecule has 5 rings (SSSR count). The highest BCUT2D eigenvalue weighted by molar-refractivity contribution is 7.21. The monoisotopic (exact) mass is 488 g/mol. The fourth-order valence-electron chi connectivity index (χ4n) is 3.49. The van der Waals surface area contributed by atoms with Crippen molar-refractivity contribution in [3.8, 4) is 28.5 Å². The maximum atomic E-state index is 13.1. The number of nitrogens with zero attached hydrogens (tertiary/aromatic N) is 3. The third-order valence-electron chi connectivity index (χ3n) is 5.10. The lowest BCUT2D eigenvalue weighted by Gasteiger charge is -2.07. The van der Waals surface area contributed by atoms with E-state index in [0.717, 1.165) is 28.2 Å². The summed E-state index contributed by atoms with van der Waals surface area (Å²) in [5.74, 6) is -0.268. The van der Waals surface area contributed by atoms with E-state index in [1.165, 1.54) is 28.2 Å². The number of nitrogen functional groups attached to an aromatic ring is 2. The molecule has 0 aliphatic carbocycles. The molecule has 33 heavy (non-hydrogen) atoms. The number of carbonyl (C=O) groups excluding carboxylic acids is 1. The molecule has 5 N–H and O–H groups in total. The number of rotatable bonds is 4. The van der Waals surface area contributed by atoms with E-state index in [1.807, 2.05) is 53.4 Å². The number of nitrogens with two attached hydrogens (primary N) is 2. The second-order valence-corrected chi connectivity index (χ2v) is 9.89. The number of pyridine rings is 1. The van der Waals surface area contributed by atoms with Gasteiger partial charge in [-0.25, -0.2) is 9.97 Å². The highest BCUT2D eigenvalue weighted by Gasteiger charge is 2.25. The molecule has 0 spiro atoms. The highest BCUT2D eigenvalue weighted by Crippen LogP contribution is 2.43. The van der Waals surface area contributed by atoms with Gasteiger partial charge in [-0.15, -0.1) is 22.7 Å². The first kappa shape index (κ1) is 21.1. The molecule has 1 amide bonds. The van der Waals surface area contributed by atoms with Gasteiger partial charge in [0.1, 0.15) is 27.2 Å². The topological polar surface area (TPSA) is 131 Å². The van der Waals surface area contributed by atoms with Crippen molar-refractivity contribution in [2.24, 2.45) is 0 Å². The number of nitriles is 1. The molecule has 0 bridgehead atoms. The molecule has 162 valence electrons. The van der Waals surface area contributed by atoms with Crippen molar-refractivity contribution in [1.82, 2.24) is 9.97 Å². The second-order valence-electron chi connectivity index (χ2n) is 7.25. The molecule has 4 aromatic heterocycles. The van der Waals surface area contributed by atoms with E-state index in [2.05, 4.69) is 21.4 Å². The van der Waals surface area contributed by atoms with Gasteiger partial charge < -0.3 is 11.5 Å². The van der Waals surface area contributed by atoms with E-state index >= 15 is 0 Å². The molecule has 5 aromatic rings. The van der Waals surface area contributed by atoms with Crippen LogP contribution in [0.4, 0.5) is 16.6 Å². The Morgan fingerprint density at radius 2 is 1.88 bits per heavy atom. The molecule has 4 heterocycles. The van der Waals surface area contributed by atoms with E-state index in [0.29, 0.717) is 25.8 Å². The lowest BCUT2D eigenvalue weighted by atomic mass is 9.99. The molecule has 0 aliphatic heterocycles. The Morgan fingerprint density at radius 1 is 1.09 bits per heavy atom. The minimum absolute atomic E-state index is 0.113. The SMILES string of the molecule is Cc1ccc(-c2csc(NC(=O)c3sc4nc(N)c(C#N)c(-c5ccsc5)c4c3N)n2)cc1. The summed E-state index contributed by atoms with van der Waals surface area (Å²) in [6.07, 6.45) is 0. The molecular weight excluding hydrogens is 472 g/mol. The van der Waals surface area contributed by atoms with Crippen LogP contribution in [0, 0.1) is 18.3 Å². The normalized spacial score (nSPS) is 10.9. The molecule has 0 saturated carbocycles. The highest BCUT2D eigenvalue weighted by atomic mass is 32.1. The average Bonchev–Trinajstić information content (AvgIpc) is 3.54. The van der Waals surface area contributed by atoms with Gasteiger partial charge in [-0.2, -0.15) is 16.6 Å². The van der Waals surface area contributed by atoms with Crippen molar-refractivity contribution in [2.45, 2.75) is 6.92 Å². The first-order valence-corrected chi connectivity index (χ1v) is 12.4. The van der Waals surface area contributed by atoms with Gasteiger partial charge in [0.15, 0.2) is 5.13 Å². The Bertz CT molecular complexity index is 1540. The van der Waals surface area contributed by atoms with Crippen molar-refractivity contribution < 1.29 is 4.79 Å². The lowest BCUT2D eigenvalue weighted by Crippen LogP contribution is -2.11. The van der Waals surface area contributed by atoms with Crippen molar-refractivity contribution in [2.75, 3.05) is 16.8 Å². The van der Waals surface area contributed by atoms with Crippen LogP contribution in [0.1, 0.15) is 20.8 Å². The fourth-order valence-corrected chi connectivity index (χ4v) is 5.86. The first-order valence-electron chi connectivity index (χ1n) is 9.74. The van der Waals surface area contributed by atoms with Gasteiger partial charge in [-0.3, -0.25) is 10.1 Å².